The maximum absolute atomic E-state index is 16.4. The number of nitrogens with one attached hydrogen (secondary N) is 8. The van der Waals surface area contributed by atoms with Gasteiger partial charge in [0.25, 0.3) is 10.1 Å². The molecule has 0 spiro atoms. The predicted molar refractivity (Wildman–Crippen MR) is 442 cm³/mol. The van der Waals surface area contributed by atoms with Crippen LogP contribution in [-0.4, -0.2) is 201 Å². The second-order valence-electron chi connectivity index (χ2n) is 32.3. The van der Waals surface area contributed by atoms with Gasteiger partial charge < -0.3 is 123 Å². The summed E-state index contributed by atoms with van der Waals surface area (Å²) in [7, 11) is -3.29. The number of aliphatic hydroxyl groups excluding tert-OH is 5. The fraction of sp³-hybridized carbons (Fsp3) is 0.482. The molecular formula is C85H105Cl2N9O26S. The molecule has 19 N–H and O–H groups in total. The second-order valence-corrected chi connectivity index (χ2v) is 34.7. The second kappa shape index (κ2) is 39.9. The van der Waals surface area contributed by atoms with Gasteiger partial charge in [0.05, 0.1) is 46.2 Å². The van der Waals surface area contributed by atoms with Crippen LogP contribution in [0.5, 0.6) is 46.0 Å². The average Bonchev–Trinajstić information content (AvgIpc) is 0.752. The molecule has 6 aromatic rings. The van der Waals surface area contributed by atoms with Crippen molar-refractivity contribution in [3.63, 3.8) is 0 Å². The summed E-state index contributed by atoms with van der Waals surface area (Å²) in [6.45, 7) is 13.4. The predicted octanol–water partition coefficient (Wildman–Crippen LogP) is 6.22. The number of benzene rings is 6. The number of carboxylic acids is 1. The van der Waals surface area contributed by atoms with Crippen molar-refractivity contribution < 1.29 is 125 Å². The number of aromatic hydroxyl groups is 3. The van der Waals surface area contributed by atoms with Crippen molar-refractivity contribution in [2.24, 2.45) is 11.7 Å². The Morgan fingerprint density at radius 1 is 0.675 bits per heavy atom. The highest BCUT2D eigenvalue weighted by Crippen LogP contribution is 2.50. The SMILES string of the molecule is CCCCCCCCCCN[C@@]1(C)C[C@H](O[C@H]2[C@H](Oc3c4cc5cc3Oc3ccc(cc3Cl)[C@@H](O)[C@@H](NC(=O)[C@@H](CC(C)C)NC)C(=O)N[C@@H](CC(N)=O)C(=O)NC5C(=O)N[C@H]3C(=O)NC(C(=O)N[C@H](C(=O)O)c5cc(O)cc(O)c5-c5cc3ccc5O)[C@H](O)c3ccc(c(Cl)c3)O4)O[C@H](COS(=O)(=O)c3c(C)cc(C)cc3C)[C@@H](O)[C@@H]2O)O[C@@H](C)[C@H]1O. The van der Waals surface area contributed by atoms with E-state index in [9.17, 15) is 68.8 Å². The van der Waals surface area contributed by atoms with E-state index in [1.807, 2.05) is 13.8 Å². The number of carbonyl (C=O) groups excluding carboxylic acids is 7. The van der Waals surface area contributed by atoms with Crippen LogP contribution in [0.1, 0.15) is 180 Å². The third-order valence-electron chi connectivity index (χ3n) is 22.4. The summed E-state index contributed by atoms with van der Waals surface area (Å²) < 4.78 is 74.8. The lowest BCUT2D eigenvalue weighted by Crippen LogP contribution is -2.65. The highest BCUT2D eigenvalue weighted by molar-refractivity contribution is 7.86. The van der Waals surface area contributed by atoms with Gasteiger partial charge in [0, 0.05) is 34.7 Å². The summed E-state index contributed by atoms with van der Waals surface area (Å²) in [5.74, 6) is -16.4. The number of unbranched alkanes of at least 4 members (excludes halogenated alkanes) is 7. The molecule has 0 saturated carbocycles. The number of primary amides is 1. The topological polar surface area (TPSA) is 540 Å². The number of nitrogens with two attached hydrogens (primary N) is 1. The molecule has 123 heavy (non-hydrogen) atoms. The standard InChI is InChI=1S/C85H105Cl2N9O26S/c1-10-11-12-13-14-15-16-17-24-90-85(8)36-62(117-42(7)76(85)105)121-74-72(104)71(103)60(37-116-123(114,115)75-40(5)26-39(4)27-41(75)6)120-84(74)122-73-58-31-46-32-59(73)119-57-23-20-45(30-51(57)87)70(102)68-82(111)94-66(83(112)113)49-33-47(97)34-55(99)63(49)48-28-43(18-21-54(48)98)64(79(108)96-68)93-80(109)65(46)92-78(107)53(35-61(88)100)91-81(110)67(95-77(106)52(89-9)25-38(2)3)69(101)44-19-22-56(118-58)50(86)29-44/h18-23,26-34,38,42,52-53,60,62,64-72,74,76,84,89-90,97-99,101-105H,10-17,24-25,35-37H2,1-9H3,(H2,88,100)(H,91,110)(H,92,107)(H,93,109)(H,94,111)(H,95,106)(H,96,108)(H,112,113)/t42-,52+,53-,60+,62-,64+,65?,66-,67+,68?,69+,70+,71+,72-,74+,76+,84-,85-/m0/s1. The van der Waals surface area contributed by atoms with Gasteiger partial charge in [-0.1, -0.05) is 125 Å². The highest BCUT2D eigenvalue weighted by atomic mass is 35.5. The van der Waals surface area contributed by atoms with Crippen molar-refractivity contribution >= 4 is 80.6 Å². The number of aliphatic hydroxyl groups is 5. The molecule has 2 unspecified atom stereocenters. The number of carboxylic acid groups (broad SMARTS) is 1. The van der Waals surface area contributed by atoms with Crippen molar-refractivity contribution in [3.8, 4) is 57.1 Å². The molecule has 13 rings (SSSR count). The molecule has 38 heteroatoms. The molecule has 2 saturated heterocycles. The van der Waals surface area contributed by atoms with E-state index in [1.165, 1.54) is 19.2 Å². The number of phenolic OH excluding ortho intramolecular Hbond substituents is 3. The van der Waals surface area contributed by atoms with Gasteiger partial charge >= 0.3 is 5.97 Å². The van der Waals surface area contributed by atoms with Crippen LogP contribution in [0.3, 0.4) is 0 Å². The van der Waals surface area contributed by atoms with Crippen molar-refractivity contribution in [2.45, 2.75) is 240 Å². The van der Waals surface area contributed by atoms with Crippen molar-refractivity contribution in [2.75, 3.05) is 20.2 Å². The normalized spacial score (nSPS) is 26.4. The van der Waals surface area contributed by atoms with Gasteiger partial charge in [-0.05, 0) is 155 Å². The fourth-order valence-corrected chi connectivity index (χ4v) is 17.8. The van der Waals surface area contributed by atoms with Crippen LogP contribution in [0.2, 0.25) is 10.0 Å². The Kier molecular flexibility index (Phi) is 30.4. The maximum Gasteiger partial charge on any atom is 0.330 e. The fourth-order valence-electron chi connectivity index (χ4n) is 16.0. The van der Waals surface area contributed by atoms with E-state index in [2.05, 4.69) is 49.5 Å². The number of hydrogen-bond donors (Lipinski definition) is 18. The Hall–Kier alpha value is -10.0. The van der Waals surface area contributed by atoms with Gasteiger partial charge in [0.15, 0.2) is 29.9 Å². The van der Waals surface area contributed by atoms with Crippen LogP contribution in [0.25, 0.3) is 11.1 Å². The zero-order valence-electron chi connectivity index (χ0n) is 69.0. The Morgan fingerprint density at radius 2 is 1.27 bits per heavy atom. The van der Waals surface area contributed by atoms with Crippen LogP contribution >= 0.6 is 23.2 Å². The number of aliphatic carboxylic acids is 1. The molecule has 35 nitrogen and oxygen atoms in total. The van der Waals surface area contributed by atoms with E-state index in [-0.39, 0.29) is 46.1 Å². The third kappa shape index (κ3) is 21.7. The van der Waals surface area contributed by atoms with Crippen molar-refractivity contribution in [3.05, 3.63) is 146 Å². The molecule has 7 aliphatic heterocycles. The number of halogens is 2. The van der Waals surface area contributed by atoms with Crippen LogP contribution in [0.4, 0.5) is 0 Å². The molecule has 6 aromatic carbocycles. The number of aryl methyl sites for hydroxylation is 3. The summed E-state index contributed by atoms with van der Waals surface area (Å²) in [5, 5.41) is 127. The van der Waals surface area contributed by atoms with E-state index >= 15 is 24.0 Å². The van der Waals surface area contributed by atoms with Crippen molar-refractivity contribution in [1.82, 2.24) is 42.5 Å². The molecule has 0 radical (unpaired) electrons. The lowest BCUT2D eigenvalue weighted by Gasteiger charge is -2.48. The molecule has 0 aliphatic carbocycles. The lowest BCUT2D eigenvalue weighted by atomic mass is 9.84. The van der Waals surface area contributed by atoms with E-state index in [0.717, 1.165) is 124 Å². The number of likely N-dealkylation sites (N-methyl/N-ethyl adjacent to an activating group) is 1. The molecule has 7 aliphatic rings. The number of rotatable bonds is 26. The van der Waals surface area contributed by atoms with E-state index in [1.54, 1.807) is 46.8 Å². The van der Waals surface area contributed by atoms with Gasteiger partial charge in [0.1, 0.15) is 89.5 Å². The Balaban J connectivity index is 1.14. The van der Waals surface area contributed by atoms with Gasteiger partial charge in [-0.15, -0.1) is 0 Å². The first-order chi connectivity index (χ1) is 58.2. The largest absolute Gasteiger partial charge is 0.508 e. The minimum absolute atomic E-state index is 0.122. The molecule has 7 amide bonds. The molecule has 0 aromatic heterocycles. The van der Waals surface area contributed by atoms with Gasteiger partial charge in [0.2, 0.25) is 53.4 Å². The number of hydrogen-bond acceptors (Lipinski definition) is 27. The quantitative estimate of drug-likeness (QED) is 0.0212. The first-order valence-electron chi connectivity index (χ1n) is 40.5. The van der Waals surface area contributed by atoms with E-state index < -0.39 is 252 Å². The van der Waals surface area contributed by atoms with E-state index in [4.69, 9.17) is 61.5 Å². The molecule has 2 fully saturated rings. The maximum atomic E-state index is 16.4. The molecule has 7 heterocycles. The molecule has 666 valence electrons. The molecular weight excluding hydrogens is 1670 g/mol. The summed E-state index contributed by atoms with van der Waals surface area (Å²) in [5.41, 5.74) is 2.98. The molecule has 18 atom stereocenters. The van der Waals surface area contributed by atoms with Crippen LogP contribution in [0, 0.1) is 26.7 Å². The minimum Gasteiger partial charge on any atom is -0.508 e. The number of carbonyl (C=O) groups is 8. The lowest BCUT2D eigenvalue weighted by molar-refractivity contribution is -0.334. The smallest absolute Gasteiger partial charge is 0.330 e. The monoisotopic (exact) mass is 1770 g/mol. The Labute approximate surface area is 719 Å². The highest BCUT2D eigenvalue weighted by Gasteiger charge is 2.53. The average molecular weight is 1770 g/mol. The Bertz CT molecular complexity index is 5060. The van der Waals surface area contributed by atoms with Gasteiger partial charge in [-0.25, -0.2) is 4.79 Å². The minimum atomic E-state index is -4.76. The van der Waals surface area contributed by atoms with Crippen LogP contribution in [0.15, 0.2) is 95.9 Å². The number of ether oxygens (including phenoxy) is 6. The summed E-state index contributed by atoms with van der Waals surface area (Å²) in [6.07, 6.45) is -11.4. The zero-order chi connectivity index (χ0) is 89.5. The zero-order valence-corrected chi connectivity index (χ0v) is 71.3. The number of phenols is 3. The van der Waals surface area contributed by atoms with Crippen molar-refractivity contribution in [1.29, 1.82) is 0 Å². The summed E-state index contributed by atoms with van der Waals surface area (Å²) >= 11 is 14.4. The summed E-state index contributed by atoms with van der Waals surface area (Å²) in [6, 6.07) is 2.26. The van der Waals surface area contributed by atoms with E-state index in [0.29, 0.717) is 17.7 Å². The number of fused-ring (bicyclic) bond motifs is 15. The first-order valence-corrected chi connectivity index (χ1v) is 42.6. The van der Waals surface area contributed by atoms with Gasteiger partial charge in [-0.2, -0.15) is 8.42 Å². The summed E-state index contributed by atoms with van der Waals surface area (Å²) in [4.78, 5) is 119. The Morgan fingerprint density at radius 3 is 1.87 bits per heavy atom. The first kappa shape index (κ1) is 93.7. The third-order valence-corrected chi connectivity index (χ3v) is 24.5. The van der Waals surface area contributed by atoms with Gasteiger partial charge in [-0.3, -0.25) is 37.7 Å². The molecule has 11 bridgehead atoms. The number of amides is 7. The van der Waals surface area contributed by atoms with Crippen LogP contribution < -0.4 is 62.5 Å². The van der Waals surface area contributed by atoms with Crippen LogP contribution in [-0.2, 0) is 66.9 Å².